The monoisotopic (exact) mass is 372 g/mol. The van der Waals surface area contributed by atoms with E-state index in [-0.39, 0.29) is 11.1 Å². The van der Waals surface area contributed by atoms with Gasteiger partial charge in [-0.25, -0.2) is 0 Å². The summed E-state index contributed by atoms with van der Waals surface area (Å²) in [6.07, 6.45) is 2.98. The van der Waals surface area contributed by atoms with E-state index >= 15 is 0 Å². The molecule has 8 nitrogen and oxygen atoms in total. The van der Waals surface area contributed by atoms with Gasteiger partial charge in [0.2, 0.25) is 0 Å². The third kappa shape index (κ3) is 2.90. The molecule has 0 radical (unpaired) electrons. The molecule has 2 aromatic heterocycles. The first-order chi connectivity index (χ1) is 12.7. The van der Waals surface area contributed by atoms with Crippen molar-refractivity contribution < 1.29 is 0 Å². The molecule has 0 saturated heterocycles. The summed E-state index contributed by atoms with van der Waals surface area (Å²) in [6, 6.07) is 10.5. The summed E-state index contributed by atoms with van der Waals surface area (Å²) < 4.78 is 16.2. The van der Waals surface area contributed by atoms with Gasteiger partial charge in [0, 0.05) is 21.6 Å². The summed E-state index contributed by atoms with van der Waals surface area (Å²) in [7, 11) is 0. The largest absolute Gasteiger partial charge is 0.192 e. The van der Waals surface area contributed by atoms with Crippen molar-refractivity contribution in [2.45, 2.75) is 0 Å². The van der Waals surface area contributed by atoms with E-state index in [1.165, 1.54) is 12.4 Å². The Morgan fingerprint density at radius 2 is 1.08 bits per heavy atom. The minimum atomic E-state index is -0.126. The van der Waals surface area contributed by atoms with Crippen LogP contribution in [0.15, 0.2) is 24.5 Å². The zero-order chi connectivity index (χ0) is 18.5. The molecule has 0 spiro atoms. The van der Waals surface area contributed by atoms with Gasteiger partial charge in [-0.2, -0.15) is 38.5 Å². The van der Waals surface area contributed by atoms with Crippen LogP contribution in [0.4, 0.5) is 0 Å². The molecule has 0 aliphatic carbocycles. The van der Waals surface area contributed by atoms with E-state index in [0.29, 0.717) is 33.0 Å². The number of nitriles is 4. The van der Waals surface area contributed by atoms with Crippen molar-refractivity contribution in [2.24, 2.45) is 0 Å². The molecule has 3 aromatic rings. The first kappa shape index (κ1) is 16.9. The molecular weight excluding hydrogens is 368 g/mol. The van der Waals surface area contributed by atoms with Crippen LogP contribution >= 0.6 is 23.5 Å². The number of hydrogen-bond donors (Lipinski definition) is 0. The van der Waals surface area contributed by atoms with Gasteiger partial charge in [0.05, 0.1) is 35.9 Å². The minimum Gasteiger partial charge on any atom is -0.192 e. The summed E-state index contributed by atoms with van der Waals surface area (Å²) >= 11 is 1.93. The molecule has 0 amide bonds. The van der Waals surface area contributed by atoms with E-state index in [1.807, 2.05) is 24.3 Å². The quantitative estimate of drug-likeness (QED) is 0.650. The number of hydrogen-bond acceptors (Lipinski definition) is 10. The number of aromatic nitrogens is 4. The van der Waals surface area contributed by atoms with Gasteiger partial charge >= 0.3 is 0 Å². The van der Waals surface area contributed by atoms with Crippen molar-refractivity contribution in [2.75, 3.05) is 0 Å². The Bertz CT molecular complexity index is 1130. The molecule has 0 fully saturated rings. The predicted octanol–water partition coefficient (Wildman–Crippen LogP) is 1.12. The smallest absolute Gasteiger partial charge is 0.137 e. The van der Waals surface area contributed by atoms with Gasteiger partial charge in [-0.3, -0.25) is 0 Å². The van der Waals surface area contributed by atoms with Crippen LogP contribution < -0.4 is 10.4 Å². The lowest BCUT2D eigenvalue weighted by molar-refractivity contribution is 1.40. The van der Waals surface area contributed by atoms with Crippen molar-refractivity contribution >= 4 is 34.6 Å². The summed E-state index contributed by atoms with van der Waals surface area (Å²) in [5.41, 5.74) is 1.49. The molecule has 10 heteroatoms. The number of nitrogens with zero attached hydrogens (tertiary/aromatic N) is 8. The molecule has 1 aromatic carbocycles. The maximum Gasteiger partial charge on any atom is 0.137 e. The number of benzene rings is 1. The SMILES string of the molecule is N#CC(C#N)=c1cc(-c2cnsn2)c(=C(C#N)C#N)cc1-c1cnsn1. The van der Waals surface area contributed by atoms with Crippen molar-refractivity contribution in [3.63, 3.8) is 0 Å². The molecule has 0 aliphatic rings. The van der Waals surface area contributed by atoms with Gasteiger partial charge in [-0.05, 0) is 12.1 Å². The molecule has 0 bridgehead atoms. The molecule has 0 atom stereocenters. The van der Waals surface area contributed by atoms with Gasteiger partial charge in [0.1, 0.15) is 46.8 Å². The topological polar surface area (TPSA) is 147 Å². The Morgan fingerprint density at radius 1 is 0.692 bits per heavy atom. The lowest BCUT2D eigenvalue weighted by atomic mass is 9.97. The molecule has 0 N–H and O–H groups in total. The molecule has 0 unspecified atom stereocenters. The van der Waals surface area contributed by atoms with E-state index < -0.39 is 0 Å². The van der Waals surface area contributed by atoms with E-state index in [2.05, 4.69) is 17.5 Å². The highest BCUT2D eigenvalue weighted by atomic mass is 32.1. The van der Waals surface area contributed by atoms with Crippen LogP contribution in [0.25, 0.3) is 33.7 Å². The Balaban J connectivity index is 2.60. The van der Waals surface area contributed by atoms with Crippen LogP contribution in [-0.2, 0) is 0 Å². The molecular formula is C16H4N8S2. The van der Waals surface area contributed by atoms with E-state index in [0.717, 1.165) is 23.5 Å². The van der Waals surface area contributed by atoms with Crippen molar-refractivity contribution in [1.29, 1.82) is 21.0 Å². The zero-order valence-corrected chi connectivity index (χ0v) is 14.3. The molecule has 0 saturated carbocycles. The lowest BCUT2D eigenvalue weighted by Crippen LogP contribution is -2.19. The standard InChI is InChI=1S/C16H4N8S2/c17-3-9(4-18)11-1-13(15-7-21-25-23-15)12(10(5-19)6-20)2-14(11)16-8-22-26-24-16/h1-2,7-8H. The van der Waals surface area contributed by atoms with Crippen LogP contribution in [-0.4, -0.2) is 17.5 Å². The Labute approximate surface area is 155 Å². The Hall–Kier alpha value is -3.96. The Kier molecular flexibility index (Phi) is 4.74. The van der Waals surface area contributed by atoms with Crippen LogP contribution in [0.5, 0.6) is 0 Å². The lowest BCUT2D eigenvalue weighted by Gasteiger charge is -2.05. The van der Waals surface area contributed by atoms with Crippen molar-refractivity contribution in [3.8, 4) is 46.8 Å². The van der Waals surface area contributed by atoms with Gasteiger partial charge in [0.25, 0.3) is 0 Å². The van der Waals surface area contributed by atoms with Gasteiger partial charge in [-0.15, -0.1) is 0 Å². The molecule has 120 valence electrons. The first-order valence-corrected chi connectivity index (χ1v) is 8.28. The van der Waals surface area contributed by atoms with E-state index in [9.17, 15) is 21.0 Å². The average Bonchev–Trinajstić information content (AvgIpc) is 3.38. The third-order valence-corrected chi connectivity index (χ3v) is 4.37. The second kappa shape index (κ2) is 7.29. The van der Waals surface area contributed by atoms with Crippen LogP contribution in [0.1, 0.15) is 0 Å². The summed E-state index contributed by atoms with van der Waals surface area (Å²) in [5.74, 6) is 0. The van der Waals surface area contributed by atoms with Gasteiger partial charge in [-0.1, -0.05) is 0 Å². The van der Waals surface area contributed by atoms with Crippen molar-refractivity contribution in [3.05, 3.63) is 35.0 Å². The molecule has 0 aliphatic heterocycles. The molecule has 2 heterocycles. The van der Waals surface area contributed by atoms with Crippen LogP contribution in [0.2, 0.25) is 0 Å². The predicted molar refractivity (Wildman–Crippen MR) is 92.8 cm³/mol. The fraction of sp³-hybridized carbons (Fsp3) is 0. The van der Waals surface area contributed by atoms with E-state index in [1.54, 1.807) is 12.1 Å². The average molecular weight is 372 g/mol. The highest BCUT2D eigenvalue weighted by Crippen LogP contribution is 2.18. The molecule has 26 heavy (non-hydrogen) atoms. The molecule has 3 rings (SSSR count). The highest BCUT2D eigenvalue weighted by molar-refractivity contribution is 6.99. The van der Waals surface area contributed by atoms with E-state index in [4.69, 9.17) is 0 Å². The van der Waals surface area contributed by atoms with Crippen molar-refractivity contribution in [1.82, 2.24) is 17.5 Å². The first-order valence-electron chi connectivity index (χ1n) is 6.82. The number of rotatable bonds is 2. The summed E-state index contributed by atoms with van der Waals surface area (Å²) in [4.78, 5) is 0. The zero-order valence-electron chi connectivity index (χ0n) is 12.7. The minimum absolute atomic E-state index is 0.126. The summed E-state index contributed by atoms with van der Waals surface area (Å²) in [6.45, 7) is 0. The van der Waals surface area contributed by atoms with Crippen LogP contribution in [0.3, 0.4) is 0 Å². The van der Waals surface area contributed by atoms with Gasteiger partial charge < -0.3 is 0 Å². The third-order valence-electron chi connectivity index (χ3n) is 3.42. The maximum atomic E-state index is 9.31. The van der Waals surface area contributed by atoms with Gasteiger partial charge in [0.15, 0.2) is 0 Å². The fourth-order valence-electron chi connectivity index (χ4n) is 2.29. The highest BCUT2D eigenvalue weighted by Gasteiger charge is 2.14. The second-order valence-corrected chi connectivity index (χ2v) is 5.84. The normalized spacial score (nSPS) is 9.38. The second-order valence-electron chi connectivity index (χ2n) is 4.73. The summed E-state index contributed by atoms with van der Waals surface area (Å²) in [5, 5.41) is 37.9. The fourth-order valence-corrected chi connectivity index (χ4v) is 3.15. The maximum absolute atomic E-state index is 9.31. The Morgan fingerprint density at radius 3 is 1.35 bits per heavy atom. The van der Waals surface area contributed by atoms with Crippen LogP contribution in [0, 0.1) is 45.3 Å².